The van der Waals surface area contributed by atoms with Crippen molar-refractivity contribution in [3.8, 4) is 0 Å². The molecule has 1 saturated carbocycles. The van der Waals surface area contributed by atoms with Crippen molar-refractivity contribution in [1.29, 1.82) is 0 Å². The number of hydrogen-bond acceptors (Lipinski definition) is 4. The molecular weight excluding hydrogens is 260 g/mol. The van der Waals surface area contributed by atoms with Gasteiger partial charge in [-0.15, -0.1) is 0 Å². The third kappa shape index (κ3) is 2.09. The predicted molar refractivity (Wildman–Crippen MR) is 69.2 cm³/mol. The Morgan fingerprint density at radius 1 is 1.40 bits per heavy atom. The second-order valence-electron chi connectivity index (χ2n) is 5.75. The van der Waals surface area contributed by atoms with Gasteiger partial charge in [-0.3, -0.25) is 4.79 Å². The van der Waals surface area contributed by atoms with Gasteiger partial charge in [0.25, 0.3) is 5.91 Å². The molecule has 0 radical (unpaired) electrons. The zero-order valence-corrected chi connectivity index (χ0v) is 11.4. The summed E-state index contributed by atoms with van der Waals surface area (Å²) in [6.45, 7) is 1.74. The molecule has 0 bridgehead atoms. The van der Waals surface area contributed by atoms with E-state index in [4.69, 9.17) is 4.52 Å². The Morgan fingerprint density at radius 2 is 2.15 bits per heavy atom. The van der Waals surface area contributed by atoms with Crippen LogP contribution in [-0.2, 0) is 4.79 Å². The Labute approximate surface area is 116 Å². The number of nitrogens with zero attached hydrogens (tertiary/aromatic N) is 2. The van der Waals surface area contributed by atoms with Crippen molar-refractivity contribution in [3.05, 3.63) is 17.5 Å². The molecule has 3 unspecified atom stereocenters. The van der Waals surface area contributed by atoms with Crippen molar-refractivity contribution >= 4 is 11.9 Å². The minimum absolute atomic E-state index is 0.0303. The van der Waals surface area contributed by atoms with E-state index in [2.05, 4.69) is 5.16 Å². The average molecular weight is 278 g/mol. The SMILES string of the molecule is Cc1cc(C(=O)N2C(C(=O)O)CC3CCCCC32)on1. The lowest BCUT2D eigenvalue weighted by atomic mass is 9.84. The molecule has 20 heavy (non-hydrogen) atoms. The number of carboxylic acid groups (broad SMARTS) is 1. The Morgan fingerprint density at radius 3 is 2.80 bits per heavy atom. The molecule has 1 amide bonds. The first-order valence-corrected chi connectivity index (χ1v) is 7.06. The number of likely N-dealkylation sites (tertiary alicyclic amines) is 1. The highest BCUT2D eigenvalue weighted by molar-refractivity contribution is 5.95. The minimum Gasteiger partial charge on any atom is -0.480 e. The van der Waals surface area contributed by atoms with Crippen LogP contribution >= 0.6 is 0 Å². The smallest absolute Gasteiger partial charge is 0.326 e. The fraction of sp³-hybridized carbons (Fsp3) is 0.643. The van der Waals surface area contributed by atoms with Gasteiger partial charge in [0.05, 0.1) is 5.69 Å². The summed E-state index contributed by atoms with van der Waals surface area (Å²) in [6.07, 6.45) is 4.61. The van der Waals surface area contributed by atoms with Crippen LogP contribution in [0.4, 0.5) is 0 Å². The zero-order valence-electron chi connectivity index (χ0n) is 11.4. The van der Waals surface area contributed by atoms with Crippen LogP contribution in [0.25, 0.3) is 0 Å². The largest absolute Gasteiger partial charge is 0.480 e. The molecule has 6 heteroatoms. The third-order valence-corrected chi connectivity index (χ3v) is 4.45. The quantitative estimate of drug-likeness (QED) is 0.892. The summed E-state index contributed by atoms with van der Waals surface area (Å²) in [4.78, 5) is 25.5. The number of aryl methyl sites for hydroxylation is 1. The van der Waals surface area contributed by atoms with Crippen LogP contribution in [0.3, 0.4) is 0 Å². The van der Waals surface area contributed by atoms with Crippen LogP contribution in [0.1, 0.15) is 48.4 Å². The van der Waals surface area contributed by atoms with Gasteiger partial charge in [-0.05, 0) is 32.1 Å². The zero-order chi connectivity index (χ0) is 14.3. The first kappa shape index (κ1) is 13.1. The topological polar surface area (TPSA) is 83.6 Å². The van der Waals surface area contributed by atoms with E-state index < -0.39 is 12.0 Å². The van der Waals surface area contributed by atoms with Gasteiger partial charge < -0.3 is 14.5 Å². The number of carbonyl (C=O) groups excluding carboxylic acids is 1. The number of aromatic nitrogens is 1. The first-order valence-electron chi connectivity index (χ1n) is 7.06. The van der Waals surface area contributed by atoms with E-state index in [-0.39, 0.29) is 17.7 Å². The number of amides is 1. The maximum Gasteiger partial charge on any atom is 0.326 e. The highest BCUT2D eigenvalue weighted by atomic mass is 16.5. The summed E-state index contributed by atoms with van der Waals surface area (Å²) in [5.41, 5.74) is 0.625. The number of fused-ring (bicyclic) bond motifs is 1. The van der Waals surface area contributed by atoms with E-state index >= 15 is 0 Å². The van der Waals surface area contributed by atoms with Crippen LogP contribution in [-0.4, -0.2) is 39.1 Å². The van der Waals surface area contributed by atoms with Crippen LogP contribution in [0.2, 0.25) is 0 Å². The fourth-order valence-corrected chi connectivity index (χ4v) is 3.56. The lowest BCUT2D eigenvalue weighted by Gasteiger charge is -2.32. The van der Waals surface area contributed by atoms with Crippen LogP contribution in [0.5, 0.6) is 0 Å². The summed E-state index contributed by atoms with van der Waals surface area (Å²) in [6, 6.07) is 0.862. The molecule has 2 fully saturated rings. The van der Waals surface area contributed by atoms with Crippen molar-refractivity contribution in [3.63, 3.8) is 0 Å². The standard InChI is InChI=1S/C14H18N2O4/c1-8-6-12(20-15-8)13(17)16-10-5-3-2-4-9(10)7-11(16)14(18)19/h6,9-11H,2-5,7H2,1H3,(H,18,19). The second kappa shape index (κ2) is 4.92. The average Bonchev–Trinajstić information content (AvgIpc) is 3.01. The lowest BCUT2D eigenvalue weighted by Crippen LogP contribution is -2.46. The molecule has 0 aromatic carbocycles. The molecule has 0 spiro atoms. The monoisotopic (exact) mass is 278 g/mol. The molecule has 1 aliphatic heterocycles. The van der Waals surface area contributed by atoms with E-state index in [1.807, 2.05) is 0 Å². The van der Waals surface area contributed by atoms with Gasteiger partial charge in [0.2, 0.25) is 5.76 Å². The lowest BCUT2D eigenvalue weighted by molar-refractivity contribution is -0.141. The molecule has 6 nitrogen and oxygen atoms in total. The normalized spacial score (nSPS) is 29.2. The summed E-state index contributed by atoms with van der Waals surface area (Å²) in [7, 11) is 0. The van der Waals surface area contributed by atoms with E-state index in [1.54, 1.807) is 13.0 Å². The number of aliphatic carboxylic acids is 1. The molecular formula is C14H18N2O4. The van der Waals surface area contributed by atoms with Crippen LogP contribution in [0, 0.1) is 12.8 Å². The van der Waals surface area contributed by atoms with E-state index in [1.165, 1.54) is 4.90 Å². The highest BCUT2D eigenvalue weighted by Gasteiger charge is 2.48. The molecule has 1 aliphatic carbocycles. The van der Waals surface area contributed by atoms with Gasteiger partial charge in [-0.25, -0.2) is 4.79 Å². The van der Waals surface area contributed by atoms with Crippen molar-refractivity contribution in [2.24, 2.45) is 5.92 Å². The number of rotatable bonds is 2. The van der Waals surface area contributed by atoms with Crippen molar-refractivity contribution in [2.75, 3.05) is 0 Å². The molecule has 1 aromatic heterocycles. The van der Waals surface area contributed by atoms with Gasteiger partial charge in [-0.1, -0.05) is 18.0 Å². The maximum atomic E-state index is 12.6. The summed E-state index contributed by atoms with van der Waals surface area (Å²) >= 11 is 0. The van der Waals surface area contributed by atoms with Crippen molar-refractivity contribution in [2.45, 2.75) is 51.1 Å². The van der Waals surface area contributed by atoms with Crippen LogP contribution < -0.4 is 0 Å². The highest BCUT2D eigenvalue weighted by Crippen LogP contribution is 2.40. The number of carbonyl (C=O) groups is 2. The third-order valence-electron chi connectivity index (χ3n) is 4.45. The molecule has 2 aliphatic rings. The van der Waals surface area contributed by atoms with Gasteiger partial charge in [0, 0.05) is 12.1 Å². The van der Waals surface area contributed by atoms with E-state index in [9.17, 15) is 14.7 Å². The van der Waals surface area contributed by atoms with E-state index in [0.29, 0.717) is 18.0 Å². The molecule has 1 saturated heterocycles. The van der Waals surface area contributed by atoms with E-state index in [0.717, 1.165) is 25.7 Å². The Hall–Kier alpha value is -1.85. The summed E-state index contributed by atoms with van der Waals surface area (Å²) < 4.78 is 5.01. The molecule has 108 valence electrons. The van der Waals surface area contributed by atoms with Gasteiger partial charge in [-0.2, -0.15) is 0 Å². The Kier molecular flexibility index (Phi) is 3.23. The first-order chi connectivity index (χ1) is 9.58. The Bertz CT molecular complexity index is 539. The van der Waals surface area contributed by atoms with Gasteiger partial charge in [0.1, 0.15) is 6.04 Å². The number of carboxylic acids is 1. The summed E-state index contributed by atoms with van der Waals surface area (Å²) in [5.74, 6) is -0.825. The molecule has 3 atom stereocenters. The van der Waals surface area contributed by atoms with Crippen LogP contribution in [0.15, 0.2) is 10.6 Å². The number of hydrogen-bond donors (Lipinski definition) is 1. The maximum absolute atomic E-state index is 12.6. The fourth-order valence-electron chi connectivity index (χ4n) is 3.56. The predicted octanol–water partition coefficient (Wildman–Crippen LogP) is 1.84. The van der Waals surface area contributed by atoms with Gasteiger partial charge in [0.15, 0.2) is 0 Å². The van der Waals surface area contributed by atoms with Crippen molar-refractivity contribution < 1.29 is 19.2 Å². The van der Waals surface area contributed by atoms with Gasteiger partial charge >= 0.3 is 5.97 Å². The Balaban J connectivity index is 1.90. The minimum atomic E-state index is -0.927. The molecule has 3 rings (SSSR count). The second-order valence-corrected chi connectivity index (χ2v) is 5.75. The van der Waals surface area contributed by atoms with Crippen molar-refractivity contribution in [1.82, 2.24) is 10.1 Å². The summed E-state index contributed by atoms with van der Waals surface area (Å²) in [5, 5.41) is 13.1. The molecule has 1 N–H and O–H groups in total. The molecule has 2 heterocycles. The molecule has 1 aromatic rings.